The Morgan fingerprint density at radius 1 is 1.59 bits per heavy atom. The Labute approximate surface area is 107 Å². The van der Waals surface area contributed by atoms with E-state index in [9.17, 15) is 4.79 Å². The van der Waals surface area contributed by atoms with Crippen LogP contribution in [0.5, 0.6) is 0 Å². The summed E-state index contributed by atoms with van der Waals surface area (Å²) in [5.41, 5.74) is 2.13. The first-order valence-electron chi connectivity index (χ1n) is 5.13. The van der Waals surface area contributed by atoms with E-state index in [1.165, 1.54) is 17.1 Å². The van der Waals surface area contributed by atoms with Crippen LogP contribution in [-0.2, 0) is 6.42 Å². The fraction of sp³-hybridized carbons (Fsp3) is 0.273. The van der Waals surface area contributed by atoms with Gasteiger partial charge >= 0.3 is 5.97 Å². The number of nitrogens with zero attached hydrogens (tertiary/aromatic N) is 1. The van der Waals surface area contributed by atoms with Gasteiger partial charge in [0.2, 0.25) is 0 Å². The molecule has 0 aliphatic rings. The highest BCUT2D eigenvalue weighted by Crippen LogP contribution is 2.24. The molecule has 0 bridgehead atoms. The van der Waals surface area contributed by atoms with E-state index in [0.717, 1.165) is 13.0 Å². The summed E-state index contributed by atoms with van der Waals surface area (Å²) in [6.07, 6.45) is 0.888. The average molecular weight is 268 g/mol. The zero-order chi connectivity index (χ0) is 12.3. The molecule has 0 amide bonds. The second-order valence-electron chi connectivity index (χ2n) is 3.59. The molecule has 2 aromatic rings. The van der Waals surface area contributed by atoms with Crippen LogP contribution in [0.25, 0.3) is 0 Å². The molecule has 0 aliphatic carbocycles. The van der Waals surface area contributed by atoms with Gasteiger partial charge in [0.05, 0.1) is 5.69 Å². The number of carboxylic acid groups (broad SMARTS) is 1. The van der Waals surface area contributed by atoms with Crippen molar-refractivity contribution in [2.75, 3.05) is 11.9 Å². The van der Waals surface area contributed by atoms with Crippen LogP contribution in [0.4, 0.5) is 5.00 Å². The van der Waals surface area contributed by atoms with Crippen molar-refractivity contribution in [3.63, 3.8) is 0 Å². The van der Waals surface area contributed by atoms with Crippen LogP contribution in [0.2, 0.25) is 0 Å². The van der Waals surface area contributed by atoms with Crippen molar-refractivity contribution < 1.29 is 9.90 Å². The molecule has 2 aromatic heterocycles. The Balaban J connectivity index is 1.97. The Bertz CT molecular complexity index is 506. The predicted molar refractivity (Wildman–Crippen MR) is 70.3 cm³/mol. The highest BCUT2D eigenvalue weighted by atomic mass is 32.1. The van der Waals surface area contributed by atoms with Crippen LogP contribution >= 0.6 is 22.9 Å². The van der Waals surface area contributed by atoms with Crippen molar-refractivity contribution in [3.05, 3.63) is 33.6 Å². The van der Waals surface area contributed by atoms with E-state index in [-0.39, 0.29) is 0 Å². The minimum absolute atomic E-state index is 0.292. The van der Waals surface area contributed by atoms with E-state index >= 15 is 0 Å². The number of aromatic nitrogens is 1. The molecule has 17 heavy (non-hydrogen) atoms. The normalized spacial score (nSPS) is 10.4. The van der Waals surface area contributed by atoms with Gasteiger partial charge in [0.25, 0.3) is 0 Å². The molecule has 0 saturated heterocycles. The van der Waals surface area contributed by atoms with Gasteiger partial charge in [-0.1, -0.05) is 0 Å². The molecule has 0 aromatic carbocycles. The molecule has 0 fully saturated rings. The number of aryl methyl sites for hydroxylation is 1. The molecule has 0 radical (unpaired) electrons. The van der Waals surface area contributed by atoms with Crippen molar-refractivity contribution in [1.29, 1.82) is 0 Å². The van der Waals surface area contributed by atoms with Gasteiger partial charge in [-0.25, -0.2) is 4.79 Å². The van der Waals surface area contributed by atoms with Crippen LogP contribution < -0.4 is 5.32 Å². The fourth-order valence-corrected chi connectivity index (χ4v) is 3.01. The second kappa shape index (κ2) is 5.29. The van der Waals surface area contributed by atoms with Gasteiger partial charge in [-0.15, -0.1) is 0 Å². The van der Waals surface area contributed by atoms with Gasteiger partial charge in [0, 0.05) is 6.54 Å². The Morgan fingerprint density at radius 2 is 2.41 bits per heavy atom. The summed E-state index contributed by atoms with van der Waals surface area (Å²) < 4.78 is 4.05. The Kier molecular flexibility index (Phi) is 3.75. The van der Waals surface area contributed by atoms with E-state index < -0.39 is 5.97 Å². The van der Waals surface area contributed by atoms with E-state index in [2.05, 4.69) is 21.1 Å². The quantitative estimate of drug-likeness (QED) is 0.875. The molecule has 6 heteroatoms. The lowest BCUT2D eigenvalue weighted by Crippen LogP contribution is -2.07. The number of aromatic carboxylic acids is 1. The van der Waals surface area contributed by atoms with Crippen molar-refractivity contribution in [1.82, 2.24) is 4.37 Å². The number of hydrogen-bond acceptors (Lipinski definition) is 5. The predicted octanol–water partition coefficient (Wildman–Crippen LogP) is 2.87. The number of anilines is 1. The first-order valence-corrected chi connectivity index (χ1v) is 6.84. The van der Waals surface area contributed by atoms with Crippen LogP contribution in [0, 0.1) is 6.92 Å². The third-order valence-electron chi connectivity index (χ3n) is 2.36. The van der Waals surface area contributed by atoms with Gasteiger partial charge in [-0.3, -0.25) is 0 Å². The third-order valence-corrected chi connectivity index (χ3v) is 3.98. The minimum atomic E-state index is -0.922. The number of nitrogens with one attached hydrogen (secondary N) is 1. The van der Waals surface area contributed by atoms with E-state index in [0.29, 0.717) is 16.3 Å². The van der Waals surface area contributed by atoms with Crippen molar-refractivity contribution in [2.24, 2.45) is 0 Å². The van der Waals surface area contributed by atoms with Gasteiger partial charge in [-0.2, -0.15) is 15.7 Å². The standard InChI is InChI=1S/C11H12N2O2S2/c1-7-9(11(14)15)10(17-13-7)12-4-2-8-3-5-16-6-8/h3,5-6,12H,2,4H2,1H3,(H,14,15). The van der Waals surface area contributed by atoms with Gasteiger partial charge in [0.1, 0.15) is 10.6 Å². The summed E-state index contributed by atoms with van der Waals surface area (Å²) in [6.45, 7) is 2.43. The summed E-state index contributed by atoms with van der Waals surface area (Å²) in [5.74, 6) is -0.922. The Morgan fingerprint density at radius 3 is 3.06 bits per heavy atom. The number of carboxylic acids is 1. The lowest BCUT2D eigenvalue weighted by Gasteiger charge is -2.03. The maximum Gasteiger partial charge on any atom is 0.340 e. The van der Waals surface area contributed by atoms with E-state index in [1.54, 1.807) is 18.3 Å². The molecule has 0 aliphatic heterocycles. The third kappa shape index (κ3) is 2.83. The molecule has 0 saturated carbocycles. The molecular formula is C11H12N2O2S2. The number of hydrogen-bond donors (Lipinski definition) is 2. The van der Waals surface area contributed by atoms with Crippen LogP contribution in [0.3, 0.4) is 0 Å². The summed E-state index contributed by atoms with van der Waals surface area (Å²) in [6, 6.07) is 2.07. The summed E-state index contributed by atoms with van der Waals surface area (Å²) in [7, 11) is 0. The second-order valence-corrected chi connectivity index (χ2v) is 5.14. The van der Waals surface area contributed by atoms with Gasteiger partial charge in [-0.05, 0) is 47.3 Å². The SMILES string of the molecule is Cc1nsc(NCCc2ccsc2)c1C(=O)O. The van der Waals surface area contributed by atoms with E-state index in [4.69, 9.17) is 5.11 Å². The smallest absolute Gasteiger partial charge is 0.340 e. The van der Waals surface area contributed by atoms with Gasteiger partial charge < -0.3 is 10.4 Å². The van der Waals surface area contributed by atoms with Crippen LogP contribution in [-0.4, -0.2) is 22.0 Å². The molecule has 0 spiro atoms. The molecule has 2 rings (SSSR count). The topological polar surface area (TPSA) is 62.2 Å². The van der Waals surface area contributed by atoms with Crippen molar-refractivity contribution in [2.45, 2.75) is 13.3 Å². The zero-order valence-corrected chi connectivity index (χ0v) is 10.9. The maximum atomic E-state index is 11.0. The maximum absolute atomic E-state index is 11.0. The molecular weight excluding hydrogens is 256 g/mol. The van der Waals surface area contributed by atoms with Crippen LogP contribution in [0.15, 0.2) is 16.8 Å². The monoisotopic (exact) mass is 268 g/mol. The molecule has 2 heterocycles. The number of carbonyl (C=O) groups is 1. The van der Waals surface area contributed by atoms with Crippen molar-refractivity contribution >= 4 is 33.8 Å². The summed E-state index contributed by atoms with van der Waals surface area (Å²) >= 11 is 2.87. The summed E-state index contributed by atoms with van der Waals surface area (Å²) in [5, 5.41) is 17.0. The molecule has 4 nitrogen and oxygen atoms in total. The van der Waals surface area contributed by atoms with Crippen LogP contribution in [0.1, 0.15) is 21.6 Å². The zero-order valence-electron chi connectivity index (χ0n) is 9.27. The molecule has 90 valence electrons. The number of rotatable bonds is 5. The number of thiophene rings is 1. The lowest BCUT2D eigenvalue weighted by atomic mass is 10.2. The fourth-order valence-electron chi connectivity index (χ4n) is 1.50. The summed E-state index contributed by atoms with van der Waals surface area (Å²) in [4.78, 5) is 11.0. The molecule has 0 unspecified atom stereocenters. The van der Waals surface area contributed by atoms with Gasteiger partial charge in [0.15, 0.2) is 0 Å². The lowest BCUT2D eigenvalue weighted by molar-refractivity contribution is 0.0697. The molecule has 2 N–H and O–H groups in total. The Hall–Kier alpha value is -1.40. The minimum Gasteiger partial charge on any atom is -0.478 e. The largest absolute Gasteiger partial charge is 0.478 e. The first-order chi connectivity index (χ1) is 8.18. The van der Waals surface area contributed by atoms with E-state index in [1.807, 2.05) is 5.38 Å². The highest BCUT2D eigenvalue weighted by Gasteiger charge is 2.16. The van der Waals surface area contributed by atoms with Crippen molar-refractivity contribution in [3.8, 4) is 0 Å². The average Bonchev–Trinajstić information content (AvgIpc) is 2.88. The highest BCUT2D eigenvalue weighted by molar-refractivity contribution is 7.10. The molecule has 0 atom stereocenters. The first kappa shape index (κ1) is 12.1.